The number of amides is 1. The quantitative estimate of drug-likeness (QED) is 0.368. The Kier molecular flexibility index (Phi) is 8.24. The fraction of sp³-hybridized carbons (Fsp3) is 0.308. The van der Waals surface area contributed by atoms with Gasteiger partial charge in [0.25, 0.3) is 0 Å². The van der Waals surface area contributed by atoms with E-state index < -0.39 is 28.9 Å². The van der Waals surface area contributed by atoms with Gasteiger partial charge >= 0.3 is 0 Å². The van der Waals surface area contributed by atoms with Gasteiger partial charge in [0.15, 0.2) is 5.83 Å². The average molecular weight is 527 g/mol. The van der Waals surface area contributed by atoms with E-state index >= 15 is 0 Å². The second kappa shape index (κ2) is 11.6. The number of fused-ring (bicyclic) bond motifs is 1. The summed E-state index contributed by atoms with van der Waals surface area (Å²) >= 11 is -2.47. The van der Waals surface area contributed by atoms with Crippen LogP contribution in [0.2, 0.25) is 0 Å². The number of hydrogen-bond donors (Lipinski definition) is 4. The molecule has 9 nitrogen and oxygen atoms in total. The molecule has 1 aliphatic heterocycles. The number of amidine groups is 1. The Morgan fingerprint density at radius 2 is 2.08 bits per heavy atom. The fourth-order valence-corrected chi connectivity index (χ4v) is 5.01. The highest BCUT2D eigenvalue weighted by molar-refractivity contribution is 7.79. The van der Waals surface area contributed by atoms with Crippen molar-refractivity contribution in [3.05, 3.63) is 76.8 Å². The smallest absolute Gasteiger partial charge is 0.243 e. The van der Waals surface area contributed by atoms with Crippen molar-refractivity contribution in [3.8, 4) is 0 Å². The van der Waals surface area contributed by atoms with E-state index in [1.807, 2.05) is 18.2 Å². The number of ether oxygens (including phenoxy) is 1. The van der Waals surface area contributed by atoms with E-state index in [0.717, 1.165) is 17.5 Å². The summed E-state index contributed by atoms with van der Waals surface area (Å²) in [6, 6.07) is 9.63. The van der Waals surface area contributed by atoms with E-state index in [2.05, 4.69) is 20.9 Å². The Morgan fingerprint density at radius 3 is 2.81 bits per heavy atom. The number of carbonyl (C=O) groups is 1. The van der Waals surface area contributed by atoms with E-state index in [1.54, 1.807) is 25.3 Å². The van der Waals surface area contributed by atoms with E-state index in [4.69, 9.17) is 10.5 Å². The second-order valence-electron chi connectivity index (χ2n) is 8.74. The summed E-state index contributed by atoms with van der Waals surface area (Å²) in [7, 11) is 3.11. The van der Waals surface area contributed by atoms with Crippen LogP contribution >= 0.6 is 0 Å². The van der Waals surface area contributed by atoms with Crippen LogP contribution < -0.4 is 21.7 Å². The molecule has 196 valence electrons. The van der Waals surface area contributed by atoms with Gasteiger partial charge in [0.2, 0.25) is 5.91 Å². The van der Waals surface area contributed by atoms with E-state index in [1.165, 1.54) is 19.3 Å². The molecule has 37 heavy (non-hydrogen) atoms. The Morgan fingerprint density at radius 1 is 1.30 bits per heavy atom. The molecule has 1 aliphatic carbocycles. The Bertz CT molecular complexity index is 1310. The molecule has 0 fully saturated rings. The molecule has 11 heteroatoms. The number of methoxy groups -OCH3 is 1. The first-order chi connectivity index (χ1) is 17.8. The third-order valence-electron chi connectivity index (χ3n) is 6.48. The van der Waals surface area contributed by atoms with Crippen LogP contribution in [0.25, 0.3) is 0 Å². The minimum atomic E-state index is -2.47. The number of anilines is 2. The number of rotatable bonds is 9. The molecule has 3 unspecified atom stereocenters. The summed E-state index contributed by atoms with van der Waals surface area (Å²) in [5.41, 5.74) is 9.75. The first-order valence-corrected chi connectivity index (χ1v) is 12.9. The van der Waals surface area contributed by atoms with Gasteiger partial charge in [-0.15, -0.1) is 0 Å². The minimum absolute atomic E-state index is 0.00913. The topological polar surface area (TPSA) is 141 Å². The highest BCUT2D eigenvalue weighted by atomic mass is 32.2. The molecule has 2 aliphatic rings. The molecule has 1 heterocycles. The van der Waals surface area contributed by atoms with Crippen LogP contribution in [0.5, 0.6) is 0 Å². The minimum Gasteiger partial charge on any atom is -0.768 e. The Hall–Kier alpha value is -3.70. The molecular weight excluding hydrogens is 497 g/mol. The standard InChI is InChI=1S/C26H30FN5O4S/c1-29-18-5-8-23(37(34)35)17(12-18)14-31-26(33)24(16-3-7-21(27)22(13-16)36-2)32-19-4-6-20-15(11-19)9-10-30-25(20)28/h3-8,11-12,16,24,29,32H,9-10,13-14H2,1-2H3,(H2,28,30)(H,31,33)(H,34,35)/p-1. The van der Waals surface area contributed by atoms with Gasteiger partial charge in [-0.1, -0.05) is 6.08 Å². The van der Waals surface area contributed by atoms with Crippen molar-refractivity contribution in [3.63, 3.8) is 0 Å². The van der Waals surface area contributed by atoms with Crippen molar-refractivity contribution in [1.29, 1.82) is 0 Å². The van der Waals surface area contributed by atoms with Crippen LogP contribution in [-0.2, 0) is 33.6 Å². The molecule has 0 radical (unpaired) electrons. The Balaban J connectivity index is 1.59. The molecule has 5 N–H and O–H groups in total. The van der Waals surface area contributed by atoms with Gasteiger partial charge in [-0.2, -0.15) is 0 Å². The van der Waals surface area contributed by atoms with Gasteiger partial charge in [-0.3, -0.25) is 14.0 Å². The van der Waals surface area contributed by atoms with Crippen LogP contribution in [0.3, 0.4) is 0 Å². The fourth-order valence-electron chi connectivity index (χ4n) is 4.49. The van der Waals surface area contributed by atoms with Crippen LogP contribution in [-0.4, -0.2) is 47.2 Å². The Labute approximate surface area is 217 Å². The van der Waals surface area contributed by atoms with Gasteiger partial charge in [0.05, 0.1) is 7.11 Å². The van der Waals surface area contributed by atoms with Gasteiger partial charge in [0.1, 0.15) is 17.6 Å². The lowest BCUT2D eigenvalue weighted by atomic mass is 9.90. The van der Waals surface area contributed by atoms with E-state index in [0.29, 0.717) is 29.3 Å². The highest BCUT2D eigenvalue weighted by Gasteiger charge is 2.31. The number of halogens is 1. The number of hydrogen-bond acceptors (Lipinski definition) is 8. The first-order valence-electron chi connectivity index (χ1n) is 11.8. The molecule has 4 rings (SSSR count). The summed E-state index contributed by atoms with van der Waals surface area (Å²) < 4.78 is 42.8. The van der Waals surface area contributed by atoms with Crippen molar-refractivity contribution >= 4 is 34.2 Å². The number of allylic oxidation sites excluding steroid dienone is 3. The van der Waals surface area contributed by atoms with Crippen LogP contribution in [0, 0.1) is 5.92 Å². The third kappa shape index (κ3) is 6.00. The number of aliphatic imine (C=N–C) groups is 1. The lowest BCUT2D eigenvalue weighted by molar-refractivity contribution is -0.122. The maximum Gasteiger partial charge on any atom is 0.243 e. The summed E-state index contributed by atoms with van der Waals surface area (Å²) in [4.78, 5) is 17.9. The van der Waals surface area contributed by atoms with Crippen LogP contribution in [0.15, 0.2) is 70.0 Å². The molecule has 2 aromatic carbocycles. The lowest BCUT2D eigenvalue weighted by Crippen LogP contribution is -2.44. The summed E-state index contributed by atoms with van der Waals surface area (Å²) in [5, 5.41) is 9.11. The summed E-state index contributed by atoms with van der Waals surface area (Å²) in [6.07, 6.45) is 3.84. The molecule has 0 saturated carbocycles. The van der Waals surface area contributed by atoms with Crippen LogP contribution in [0.1, 0.15) is 23.1 Å². The zero-order valence-corrected chi connectivity index (χ0v) is 21.4. The summed E-state index contributed by atoms with van der Waals surface area (Å²) in [6.45, 7) is 0.582. The molecule has 2 aromatic rings. The van der Waals surface area contributed by atoms with Gasteiger partial charge in [0, 0.05) is 54.3 Å². The maximum atomic E-state index is 14.2. The number of nitrogens with two attached hydrogens (primary N) is 1. The van der Waals surface area contributed by atoms with Gasteiger partial charge < -0.3 is 31.0 Å². The van der Waals surface area contributed by atoms with Crippen molar-refractivity contribution < 1.29 is 22.7 Å². The predicted molar refractivity (Wildman–Crippen MR) is 141 cm³/mol. The third-order valence-corrected chi connectivity index (χ3v) is 7.24. The molecule has 0 saturated heterocycles. The van der Waals surface area contributed by atoms with Crippen molar-refractivity contribution in [2.24, 2.45) is 16.6 Å². The zero-order valence-electron chi connectivity index (χ0n) is 20.5. The van der Waals surface area contributed by atoms with Crippen molar-refractivity contribution in [2.45, 2.75) is 30.3 Å². The largest absolute Gasteiger partial charge is 0.768 e. The van der Waals surface area contributed by atoms with Gasteiger partial charge in [-0.25, -0.2) is 4.39 Å². The van der Waals surface area contributed by atoms with Crippen LogP contribution in [0.4, 0.5) is 15.8 Å². The maximum absolute atomic E-state index is 14.2. The number of nitrogens with one attached hydrogen (secondary N) is 3. The molecule has 1 amide bonds. The number of carbonyl (C=O) groups excluding carboxylic acids is 1. The summed E-state index contributed by atoms with van der Waals surface area (Å²) in [5.74, 6) is -0.629. The molecule has 0 spiro atoms. The molecular formula is C26H29FN5O4S-. The molecule has 0 aromatic heterocycles. The van der Waals surface area contributed by atoms with Gasteiger partial charge in [-0.05, 0) is 71.1 Å². The average Bonchev–Trinajstić information content (AvgIpc) is 2.90. The van der Waals surface area contributed by atoms with E-state index in [-0.39, 0.29) is 29.5 Å². The normalized spacial score (nSPS) is 18.4. The van der Waals surface area contributed by atoms with Crippen molar-refractivity contribution in [2.75, 3.05) is 31.3 Å². The number of nitrogens with zero attached hydrogens (tertiary/aromatic N) is 1. The highest BCUT2D eigenvalue weighted by Crippen LogP contribution is 2.30. The monoisotopic (exact) mass is 526 g/mol. The zero-order chi connectivity index (χ0) is 26.5. The molecule has 3 atom stereocenters. The first kappa shape index (κ1) is 26.4. The second-order valence-corrected chi connectivity index (χ2v) is 9.65. The van der Waals surface area contributed by atoms with Crippen molar-refractivity contribution in [1.82, 2.24) is 5.32 Å². The molecule has 0 bridgehead atoms. The lowest BCUT2D eigenvalue weighted by Gasteiger charge is -2.29. The predicted octanol–water partition coefficient (Wildman–Crippen LogP) is 2.73. The SMILES string of the molecule is CNc1ccc(S(=O)[O-])c(CNC(=O)C(Nc2ccc3c(c2)CCN=C3N)C2C=CC(F)=C(OC)C2)c1. The number of benzene rings is 2. The van der Waals surface area contributed by atoms with E-state index in [9.17, 15) is 17.9 Å².